The highest BCUT2D eigenvalue weighted by atomic mass is 16.6. The molecule has 2 aromatic rings. The van der Waals surface area contributed by atoms with Crippen molar-refractivity contribution in [1.82, 2.24) is 5.32 Å². The summed E-state index contributed by atoms with van der Waals surface area (Å²) in [7, 11) is 0. The van der Waals surface area contributed by atoms with Gasteiger partial charge in [-0.3, -0.25) is 10.1 Å². The molecule has 11 nitrogen and oxygen atoms in total. The van der Waals surface area contributed by atoms with Crippen molar-refractivity contribution in [3.8, 4) is 5.75 Å². The summed E-state index contributed by atoms with van der Waals surface area (Å²) in [6, 6.07) is 12.4. The van der Waals surface area contributed by atoms with Gasteiger partial charge in [0.25, 0.3) is 5.97 Å². The minimum absolute atomic E-state index is 0.0345. The van der Waals surface area contributed by atoms with E-state index in [1.54, 1.807) is 12.1 Å². The lowest BCUT2D eigenvalue weighted by molar-refractivity contribution is -0.134. The number of hydrogen-bond acceptors (Lipinski definition) is 9. The number of hydrogen-bond donors (Lipinski definition) is 6. The molecule has 3 rings (SSSR count). The van der Waals surface area contributed by atoms with Crippen LogP contribution in [0.5, 0.6) is 5.75 Å². The number of rotatable bonds is 18. The van der Waals surface area contributed by atoms with E-state index >= 15 is 0 Å². The molecule has 0 aromatic heterocycles. The van der Waals surface area contributed by atoms with Crippen molar-refractivity contribution in [3.05, 3.63) is 59.2 Å². The number of carbonyl (C=O) groups excluding carboxylic acids is 1. The molecule has 0 bridgehead atoms. The number of aliphatic hydroxyl groups excluding tert-OH is 2. The molecule has 43 heavy (non-hydrogen) atoms. The fourth-order valence-electron chi connectivity index (χ4n) is 4.56. The molecule has 0 radical (unpaired) electrons. The Labute approximate surface area is 254 Å². The first kappa shape index (κ1) is 36.0. The quantitative estimate of drug-likeness (QED) is 0.129. The second-order valence-electron chi connectivity index (χ2n) is 10.5. The van der Waals surface area contributed by atoms with Crippen molar-refractivity contribution in [2.75, 3.05) is 38.2 Å². The minimum Gasteiger partial charge on any atom is -0.508 e. The fourth-order valence-corrected chi connectivity index (χ4v) is 4.56. The van der Waals surface area contributed by atoms with E-state index in [4.69, 9.17) is 24.1 Å². The Morgan fingerprint density at radius 1 is 0.977 bits per heavy atom. The van der Waals surface area contributed by atoms with E-state index in [0.29, 0.717) is 49.8 Å². The van der Waals surface area contributed by atoms with E-state index < -0.39 is 18.2 Å². The van der Waals surface area contributed by atoms with Gasteiger partial charge in [-0.15, -0.1) is 0 Å². The van der Waals surface area contributed by atoms with Gasteiger partial charge in [-0.05, 0) is 80.5 Å². The molecule has 1 saturated carbocycles. The van der Waals surface area contributed by atoms with E-state index in [9.17, 15) is 20.1 Å². The molecule has 1 aliphatic carbocycles. The van der Waals surface area contributed by atoms with Crippen LogP contribution in [0.4, 0.5) is 10.5 Å². The Hall–Kier alpha value is -3.22. The van der Waals surface area contributed by atoms with Gasteiger partial charge in [0.15, 0.2) is 0 Å². The number of aliphatic hydroxyl groups is 2. The van der Waals surface area contributed by atoms with Gasteiger partial charge in [0.1, 0.15) is 11.9 Å². The minimum atomic E-state index is -0.833. The molecule has 11 heteroatoms. The van der Waals surface area contributed by atoms with Crippen LogP contribution in [0.2, 0.25) is 0 Å². The molecular formula is C32H48N2O9. The number of carboxylic acids is 1. The number of aromatic hydroxyl groups is 1. The molecular weight excluding hydrogens is 556 g/mol. The van der Waals surface area contributed by atoms with Gasteiger partial charge in [-0.25, -0.2) is 4.79 Å². The van der Waals surface area contributed by atoms with Crippen LogP contribution in [-0.4, -0.2) is 71.5 Å². The molecule has 1 atom stereocenters. The number of anilines is 1. The average molecular weight is 605 g/mol. The highest BCUT2D eigenvalue weighted by Gasteiger charge is 2.19. The summed E-state index contributed by atoms with van der Waals surface area (Å²) in [6.07, 6.45) is 7.26. The molecule has 240 valence electrons. The van der Waals surface area contributed by atoms with Crippen molar-refractivity contribution >= 4 is 17.7 Å². The highest BCUT2D eigenvalue weighted by molar-refractivity contribution is 5.84. The number of benzene rings is 2. The molecule has 2 aromatic carbocycles. The van der Waals surface area contributed by atoms with Crippen molar-refractivity contribution in [2.45, 2.75) is 83.7 Å². The molecule has 6 N–H and O–H groups in total. The Balaban J connectivity index is 0.00000151. The van der Waals surface area contributed by atoms with Gasteiger partial charge < -0.3 is 40.0 Å². The number of ether oxygens (including phenoxy) is 3. The molecule has 0 unspecified atom stereocenters. The number of carboxylic acid groups (broad SMARTS) is 1. The second-order valence-corrected chi connectivity index (χ2v) is 10.5. The predicted molar refractivity (Wildman–Crippen MR) is 163 cm³/mol. The largest absolute Gasteiger partial charge is 0.508 e. The number of aliphatic carboxylic acids is 1. The zero-order valence-corrected chi connectivity index (χ0v) is 25.1. The zero-order chi connectivity index (χ0) is 31.3. The van der Waals surface area contributed by atoms with Gasteiger partial charge in [0.2, 0.25) is 0 Å². The topological polar surface area (TPSA) is 167 Å². The van der Waals surface area contributed by atoms with Crippen LogP contribution in [0.15, 0.2) is 42.5 Å². The predicted octanol–water partition coefficient (Wildman–Crippen LogP) is 4.88. The summed E-state index contributed by atoms with van der Waals surface area (Å²) in [6.45, 7) is 4.26. The number of unbranched alkanes of at least 4 members (excludes halogenated alkanes) is 3. The maximum atomic E-state index is 12.0. The summed E-state index contributed by atoms with van der Waals surface area (Å²) in [5, 5.41) is 42.6. The molecule has 1 amide bonds. The van der Waals surface area contributed by atoms with Crippen LogP contribution < -0.4 is 10.6 Å². The first-order valence-corrected chi connectivity index (χ1v) is 15.0. The molecule has 0 saturated heterocycles. The zero-order valence-electron chi connectivity index (χ0n) is 25.1. The number of nitrogens with one attached hydrogen (secondary N) is 2. The van der Waals surface area contributed by atoms with Gasteiger partial charge in [0.05, 0.1) is 32.5 Å². The first-order chi connectivity index (χ1) is 20.8. The second kappa shape index (κ2) is 21.5. The van der Waals surface area contributed by atoms with E-state index in [1.165, 1.54) is 6.07 Å². The molecule has 1 fully saturated rings. The summed E-state index contributed by atoms with van der Waals surface area (Å²) in [5.41, 5.74) is 2.77. The van der Waals surface area contributed by atoms with Gasteiger partial charge in [0, 0.05) is 31.3 Å². The summed E-state index contributed by atoms with van der Waals surface area (Å²) in [4.78, 5) is 21.0. The van der Waals surface area contributed by atoms with Gasteiger partial charge in [-0.2, -0.15) is 0 Å². The fraction of sp³-hybridized carbons (Fsp3) is 0.562. The summed E-state index contributed by atoms with van der Waals surface area (Å²) >= 11 is 0. The van der Waals surface area contributed by atoms with Crippen LogP contribution in [0, 0.1) is 0 Å². The van der Waals surface area contributed by atoms with Gasteiger partial charge in [-0.1, -0.05) is 31.0 Å². The Bertz CT molecular complexity index is 1070. The normalized spacial score (nSPS) is 13.7. The smallest absolute Gasteiger partial charge is 0.411 e. The number of carbonyl (C=O) groups is 2. The maximum Gasteiger partial charge on any atom is 0.411 e. The number of phenols is 1. The van der Waals surface area contributed by atoms with Crippen molar-refractivity contribution in [2.24, 2.45) is 0 Å². The van der Waals surface area contributed by atoms with Crippen LogP contribution in [0.25, 0.3) is 0 Å². The first-order valence-electron chi connectivity index (χ1n) is 15.0. The van der Waals surface area contributed by atoms with Crippen molar-refractivity contribution < 1.29 is 44.2 Å². The third-order valence-electron chi connectivity index (χ3n) is 6.78. The third-order valence-corrected chi connectivity index (χ3v) is 6.78. The maximum absolute atomic E-state index is 12.0. The average Bonchev–Trinajstić information content (AvgIpc) is 3.48. The standard InChI is InChI=1S/C30H44N2O7.C2H4O2/c33-21-25-19-24(12-13-28(25)34)29(35)20-31-14-5-1-2-6-15-37-16-17-38-22-23-8-7-9-26(18-23)32-30(36)39-27-10-3-4-11-27;1-2(3)4/h7-9,12-13,18-19,27,29,31,33-35H,1-6,10-11,14-17,20-22H2,(H,32,36);1H3,(H,3,4)/t29-;/m0./s1. The summed E-state index contributed by atoms with van der Waals surface area (Å²) in [5.74, 6) is -0.799. The summed E-state index contributed by atoms with van der Waals surface area (Å²) < 4.78 is 16.8. The Morgan fingerprint density at radius 3 is 2.44 bits per heavy atom. The SMILES string of the molecule is CC(=O)O.O=C(Nc1cccc(COCCOCCCCCCNC[C@H](O)c2ccc(O)c(CO)c2)c1)OC1CCCC1. The van der Waals surface area contributed by atoms with Crippen LogP contribution in [0.1, 0.15) is 81.1 Å². The van der Waals surface area contributed by atoms with E-state index in [0.717, 1.165) is 70.4 Å². The lowest BCUT2D eigenvalue weighted by Crippen LogP contribution is -2.22. The van der Waals surface area contributed by atoms with Crippen molar-refractivity contribution in [3.63, 3.8) is 0 Å². The monoisotopic (exact) mass is 604 g/mol. The highest BCUT2D eigenvalue weighted by Crippen LogP contribution is 2.23. The van der Waals surface area contributed by atoms with E-state index in [-0.39, 0.29) is 18.5 Å². The van der Waals surface area contributed by atoms with Crippen LogP contribution in [-0.2, 0) is 32.2 Å². The molecule has 0 spiro atoms. The van der Waals surface area contributed by atoms with E-state index in [1.807, 2.05) is 24.3 Å². The Kier molecular flexibility index (Phi) is 18.0. The van der Waals surface area contributed by atoms with Crippen LogP contribution in [0.3, 0.4) is 0 Å². The third kappa shape index (κ3) is 16.3. The molecule has 0 aliphatic heterocycles. The molecule has 0 heterocycles. The number of amides is 1. The van der Waals surface area contributed by atoms with Gasteiger partial charge >= 0.3 is 6.09 Å². The van der Waals surface area contributed by atoms with E-state index in [2.05, 4.69) is 10.6 Å². The van der Waals surface area contributed by atoms with Crippen LogP contribution >= 0.6 is 0 Å². The lowest BCUT2D eigenvalue weighted by atomic mass is 10.1. The molecule has 1 aliphatic rings. The lowest BCUT2D eigenvalue weighted by Gasteiger charge is -2.14. The van der Waals surface area contributed by atoms with Crippen molar-refractivity contribution in [1.29, 1.82) is 0 Å². The Morgan fingerprint density at radius 2 is 1.70 bits per heavy atom.